The van der Waals surface area contributed by atoms with E-state index in [1.165, 1.54) is 10.4 Å². The molecule has 1 aliphatic heterocycles. The van der Waals surface area contributed by atoms with E-state index in [0.717, 1.165) is 50.7 Å². The van der Waals surface area contributed by atoms with E-state index in [4.69, 9.17) is 9.40 Å². The van der Waals surface area contributed by atoms with Crippen LogP contribution in [0.5, 0.6) is 0 Å². The Balaban J connectivity index is 1.44. The Morgan fingerprint density at radius 2 is 1.97 bits per heavy atom. The highest BCUT2D eigenvalue weighted by molar-refractivity contribution is 7.23. The van der Waals surface area contributed by atoms with Crippen LogP contribution in [0, 0.1) is 0 Å². The number of carbonyl (C=O) groups excluding carboxylic acids is 1. The lowest BCUT2D eigenvalue weighted by Gasteiger charge is -2.22. The van der Waals surface area contributed by atoms with Gasteiger partial charge in [0, 0.05) is 28.9 Å². The smallest absolute Gasteiger partial charge is 0.292 e. The number of hydrogen-bond donors (Lipinski definition) is 1. The van der Waals surface area contributed by atoms with Crippen LogP contribution < -0.4 is 5.32 Å². The Hall–Kier alpha value is -3.00. The molecule has 0 aliphatic carbocycles. The molecule has 1 amide bonds. The van der Waals surface area contributed by atoms with Crippen molar-refractivity contribution in [2.24, 2.45) is 0 Å². The number of rotatable bonds is 3. The Bertz CT molecular complexity index is 1380. The maximum atomic E-state index is 13.1. The summed E-state index contributed by atoms with van der Waals surface area (Å²) >= 11 is 3.33. The Morgan fingerprint density at radius 1 is 1.13 bits per heavy atom. The summed E-state index contributed by atoms with van der Waals surface area (Å²) in [5.41, 5.74) is 4.08. The van der Waals surface area contributed by atoms with Crippen LogP contribution in [-0.4, -0.2) is 29.4 Å². The van der Waals surface area contributed by atoms with E-state index >= 15 is 0 Å². The second-order valence-electron chi connectivity index (χ2n) is 7.79. The molecule has 1 aliphatic rings. The first-order chi connectivity index (χ1) is 15.2. The van der Waals surface area contributed by atoms with Gasteiger partial charge in [0.15, 0.2) is 5.76 Å². The van der Waals surface area contributed by atoms with Gasteiger partial charge < -0.3 is 14.6 Å². The first kappa shape index (κ1) is 18.7. The molecular weight excluding hydrogens is 426 g/mol. The van der Waals surface area contributed by atoms with Crippen molar-refractivity contribution in [2.45, 2.75) is 13.0 Å². The molecular formula is C24H19N3O2S2. The number of nitrogens with zero attached hydrogens (tertiary/aromatic N) is 2. The van der Waals surface area contributed by atoms with E-state index < -0.39 is 0 Å². The highest BCUT2D eigenvalue weighted by Gasteiger charge is 2.27. The molecule has 154 valence electrons. The molecule has 31 heavy (non-hydrogen) atoms. The van der Waals surface area contributed by atoms with Gasteiger partial charge in [-0.25, -0.2) is 4.98 Å². The number of likely N-dealkylation sites (N-methyl/N-ethyl adjacent to an activating group) is 1. The first-order valence-electron chi connectivity index (χ1n) is 10.1. The van der Waals surface area contributed by atoms with Crippen LogP contribution in [0.3, 0.4) is 0 Å². The van der Waals surface area contributed by atoms with Gasteiger partial charge in [-0.1, -0.05) is 30.3 Å². The van der Waals surface area contributed by atoms with Gasteiger partial charge >= 0.3 is 0 Å². The van der Waals surface area contributed by atoms with Crippen molar-refractivity contribution in [2.75, 3.05) is 18.9 Å². The van der Waals surface area contributed by atoms with Crippen molar-refractivity contribution in [1.82, 2.24) is 9.88 Å². The summed E-state index contributed by atoms with van der Waals surface area (Å²) in [6.45, 7) is 1.89. The van der Waals surface area contributed by atoms with Crippen molar-refractivity contribution < 1.29 is 9.21 Å². The number of aromatic nitrogens is 1. The number of nitrogens with one attached hydrogen (secondary N) is 1. The molecule has 2 aromatic carbocycles. The number of fused-ring (bicyclic) bond motifs is 3. The van der Waals surface area contributed by atoms with Crippen LogP contribution in [-0.2, 0) is 13.0 Å². The highest BCUT2D eigenvalue weighted by atomic mass is 32.1. The molecule has 0 bridgehead atoms. The lowest BCUT2D eigenvalue weighted by Crippen LogP contribution is -2.25. The fraction of sp³-hybridized carbons (Fsp3) is 0.167. The minimum absolute atomic E-state index is 0.231. The average Bonchev–Trinajstić information content (AvgIpc) is 3.47. The molecule has 5 nitrogen and oxygen atoms in total. The van der Waals surface area contributed by atoms with Crippen molar-refractivity contribution in [1.29, 1.82) is 0 Å². The molecule has 0 unspecified atom stereocenters. The molecule has 0 radical (unpaired) electrons. The van der Waals surface area contributed by atoms with Crippen molar-refractivity contribution in [3.05, 3.63) is 70.8 Å². The van der Waals surface area contributed by atoms with Gasteiger partial charge in [-0.15, -0.1) is 22.7 Å². The van der Waals surface area contributed by atoms with E-state index in [1.807, 2.05) is 42.5 Å². The number of carbonyl (C=O) groups is 1. The third kappa shape index (κ3) is 3.26. The number of para-hydroxylation sites is 2. The maximum Gasteiger partial charge on any atom is 0.292 e. The van der Waals surface area contributed by atoms with Crippen molar-refractivity contribution >= 4 is 54.8 Å². The molecule has 0 saturated heterocycles. The standard InChI is InChI=1S/C24H19N3O2S2/c1-27-11-10-15-20(13-27)31-24(21(15)23-25-16-7-3-5-9-19(16)30-23)26-22(28)18-12-14-6-2-4-8-17(14)29-18/h2-9,12H,10-11,13H2,1H3,(H,26,28). The van der Waals surface area contributed by atoms with Crippen LogP contribution in [0.15, 0.2) is 59.0 Å². The summed E-state index contributed by atoms with van der Waals surface area (Å²) in [6, 6.07) is 17.6. The Kier molecular flexibility index (Phi) is 4.41. The van der Waals surface area contributed by atoms with E-state index in [-0.39, 0.29) is 5.91 Å². The predicted octanol–water partition coefficient (Wildman–Crippen LogP) is 6.01. The number of amides is 1. The van der Waals surface area contributed by atoms with Crippen LogP contribution in [0.25, 0.3) is 31.8 Å². The fourth-order valence-corrected chi connectivity index (χ4v) is 6.52. The van der Waals surface area contributed by atoms with Gasteiger partial charge in [0.25, 0.3) is 5.91 Å². The summed E-state index contributed by atoms with van der Waals surface area (Å²) in [7, 11) is 2.13. The lowest BCUT2D eigenvalue weighted by molar-refractivity contribution is 0.0999. The Morgan fingerprint density at radius 3 is 2.84 bits per heavy atom. The van der Waals surface area contributed by atoms with Crippen LogP contribution in [0.2, 0.25) is 0 Å². The molecule has 0 saturated carbocycles. The zero-order chi connectivity index (χ0) is 20.9. The van der Waals surface area contributed by atoms with Gasteiger partial charge in [-0.3, -0.25) is 4.79 Å². The average molecular weight is 446 g/mol. The lowest BCUT2D eigenvalue weighted by atomic mass is 10.0. The molecule has 0 atom stereocenters. The van der Waals surface area contributed by atoms with Crippen LogP contribution in [0.4, 0.5) is 5.00 Å². The number of hydrogen-bond acceptors (Lipinski definition) is 6. The summed E-state index contributed by atoms with van der Waals surface area (Å²) in [4.78, 5) is 21.6. The minimum Gasteiger partial charge on any atom is -0.451 e. The molecule has 0 fully saturated rings. The molecule has 6 rings (SSSR count). The normalized spacial score (nSPS) is 14.2. The van der Waals surface area contributed by atoms with E-state index in [0.29, 0.717) is 11.3 Å². The largest absolute Gasteiger partial charge is 0.451 e. The summed E-state index contributed by atoms with van der Waals surface area (Å²) in [5, 5.41) is 5.87. The van der Waals surface area contributed by atoms with E-state index in [9.17, 15) is 4.79 Å². The van der Waals surface area contributed by atoms with E-state index in [2.05, 4.69) is 23.3 Å². The van der Waals surface area contributed by atoms with Gasteiger partial charge in [0.2, 0.25) is 0 Å². The highest BCUT2D eigenvalue weighted by Crippen LogP contribution is 2.45. The first-order valence-corrected chi connectivity index (χ1v) is 11.8. The van der Waals surface area contributed by atoms with Gasteiger partial charge in [-0.05, 0) is 43.3 Å². The number of thiophene rings is 1. The molecule has 5 aromatic rings. The van der Waals surface area contributed by atoms with Crippen molar-refractivity contribution in [3.63, 3.8) is 0 Å². The SMILES string of the molecule is CN1CCc2c(sc(NC(=O)c3cc4ccccc4o3)c2-c2nc3ccccc3s2)C1. The van der Waals surface area contributed by atoms with Crippen LogP contribution >= 0.6 is 22.7 Å². The van der Waals surface area contributed by atoms with Gasteiger partial charge in [0.05, 0.1) is 10.2 Å². The molecule has 4 heterocycles. The van der Waals surface area contributed by atoms with E-state index in [1.54, 1.807) is 28.7 Å². The zero-order valence-corrected chi connectivity index (χ0v) is 18.5. The van der Waals surface area contributed by atoms with Crippen molar-refractivity contribution in [3.8, 4) is 10.6 Å². The second kappa shape index (κ2) is 7.30. The number of benzene rings is 2. The predicted molar refractivity (Wildman–Crippen MR) is 127 cm³/mol. The van der Waals surface area contributed by atoms with Gasteiger partial charge in [-0.2, -0.15) is 0 Å². The number of furan rings is 1. The summed E-state index contributed by atoms with van der Waals surface area (Å²) in [5.74, 6) is 0.0884. The quantitative estimate of drug-likeness (QED) is 0.369. The number of anilines is 1. The van der Waals surface area contributed by atoms with Crippen LogP contribution in [0.1, 0.15) is 21.0 Å². The second-order valence-corrected chi connectivity index (χ2v) is 9.92. The number of thiazole rings is 1. The molecule has 1 N–H and O–H groups in total. The topological polar surface area (TPSA) is 58.4 Å². The zero-order valence-electron chi connectivity index (χ0n) is 16.8. The summed E-state index contributed by atoms with van der Waals surface area (Å²) in [6.07, 6.45) is 0.952. The molecule has 7 heteroatoms. The maximum absolute atomic E-state index is 13.1. The monoisotopic (exact) mass is 445 g/mol. The Labute approximate surface area is 186 Å². The fourth-order valence-electron chi connectivity index (χ4n) is 4.08. The molecule has 0 spiro atoms. The van der Waals surface area contributed by atoms with Gasteiger partial charge in [0.1, 0.15) is 15.6 Å². The summed E-state index contributed by atoms with van der Waals surface area (Å²) < 4.78 is 6.94. The third-order valence-corrected chi connectivity index (χ3v) is 7.82. The minimum atomic E-state index is -0.231. The third-order valence-electron chi connectivity index (χ3n) is 5.63. The molecule has 3 aromatic heterocycles.